The van der Waals surface area contributed by atoms with Crippen molar-refractivity contribution in [1.29, 1.82) is 0 Å². The lowest BCUT2D eigenvalue weighted by atomic mass is 10.1. The molecular formula is C17H19N3O3. The van der Waals surface area contributed by atoms with Crippen molar-refractivity contribution in [3.63, 3.8) is 0 Å². The van der Waals surface area contributed by atoms with Crippen molar-refractivity contribution in [2.45, 2.75) is 13.5 Å². The quantitative estimate of drug-likeness (QED) is 0.765. The van der Waals surface area contributed by atoms with E-state index in [2.05, 4.69) is 10.6 Å². The van der Waals surface area contributed by atoms with Crippen molar-refractivity contribution in [3.8, 4) is 5.75 Å². The zero-order valence-corrected chi connectivity index (χ0v) is 12.8. The summed E-state index contributed by atoms with van der Waals surface area (Å²) in [6.07, 6.45) is 0. The Morgan fingerprint density at radius 3 is 2.43 bits per heavy atom. The molecule has 0 aromatic heterocycles. The van der Waals surface area contributed by atoms with Crippen LogP contribution in [0.1, 0.15) is 22.8 Å². The van der Waals surface area contributed by atoms with E-state index in [0.29, 0.717) is 30.2 Å². The monoisotopic (exact) mass is 313 g/mol. The molecule has 2 aromatic carbocycles. The van der Waals surface area contributed by atoms with Gasteiger partial charge in [-0.25, -0.2) is 4.79 Å². The lowest BCUT2D eigenvalue weighted by molar-refractivity contribution is 0.102. The van der Waals surface area contributed by atoms with Gasteiger partial charge in [0.1, 0.15) is 5.75 Å². The average Bonchev–Trinajstić information content (AvgIpc) is 2.55. The second-order valence-corrected chi connectivity index (χ2v) is 4.80. The minimum Gasteiger partial charge on any atom is -0.492 e. The van der Waals surface area contributed by atoms with E-state index in [4.69, 9.17) is 10.5 Å². The summed E-state index contributed by atoms with van der Waals surface area (Å²) in [4.78, 5) is 23.0. The van der Waals surface area contributed by atoms with Crippen LogP contribution in [-0.4, -0.2) is 18.5 Å². The Bertz CT molecular complexity index is 684. The normalized spacial score (nSPS) is 9.96. The van der Waals surface area contributed by atoms with E-state index in [1.807, 2.05) is 19.1 Å². The standard InChI is InChI=1S/C17H19N3O3/c1-2-23-15-6-4-3-5-14(15)20-16(21)13-9-7-12(8-10-13)11-19-17(18)22/h3-10H,2,11H2,1H3,(H,20,21)(H3,18,19,22). The number of ether oxygens (including phenoxy) is 1. The molecular weight excluding hydrogens is 294 g/mol. The van der Waals surface area contributed by atoms with Crippen molar-refractivity contribution >= 4 is 17.6 Å². The van der Waals surface area contributed by atoms with Crippen molar-refractivity contribution in [2.24, 2.45) is 5.73 Å². The lowest BCUT2D eigenvalue weighted by Gasteiger charge is -2.11. The van der Waals surface area contributed by atoms with Gasteiger partial charge in [-0.15, -0.1) is 0 Å². The number of benzene rings is 2. The number of hydrogen-bond acceptors (Lipinski definition) is 3. The number of nitrogens with two attached hydrogens (primary N) is 1. The summed E-state index contributed by atoms with van der Waals surface area (Å²) in [5.74, 6) is 0.400. The number of nitrogens with one attached hydrogen (secondary N) is 2. The topological polar surface area (TPSA) is 93.4 Å². The summed E-state index contributed by atoms with van der Waals surface area (Å²) in [5.41, 5.74) is 7.01. The fourth-order valence-electron chi connectivity index (χ4n) is 2.01. The third kappa shape index (κ3) is 4.74. The summed E-state index contributed by atoms with van der Waals surface area (Å²) in [6.45, 7) is 2.73. The van der Waals surface area contributed by atoms with Crippen LogP contribution >= 0.6 is 0 Å². The number of hydrogen-bond donors (Lipinski definition) is 3. The van der Waals surface area contributed by atoms with Gasteiger partial charge < -0.3 is 21.1 Å². The average molecular weight is 313 g/mol. The Kier molecular flexibility index (Phi) is 5.57. The lowest BCUT2D eigenvalue weighted by Crippen LogP contribution is -2.28. The second-order valence-electron chi connectivity index (χ2n) is 4.80. The van der Waals surface area contributed by atoms with Crippen molar-refractivity contribution < 1.29 is 14.3 Å². The van der Waals surface area contributed by atoms with E-state index < -0.39 is 6.03 Å². The largest absolute Gasteiger partial charge is 0.492 e. The molecule has 4 N–H and O–H groups in total. The Balaban J connectivity index is 2.05. The molecule has 0 unspecified atom stereocenters. The smallest absolute Gasteiger partial charge is 0.312 e. The number of para-hydroxylation sites is 2. The van der Waals surface area contributed by atoms with Gasteiger partial charge in [0.25, 0.3) is 5.91 Å². The third-order valence-electron chi connectivity index (χ3n) is 3.12. The van der Waals surface area contributed by atoms with Gasteiger partial charge in [0.05, 0.1) is 12.3 Å². The molecule has 0 aliphatic rings. The van der Waals surface area contributed by atoms with Gasteiger partial charge in [0.2, 0.25) is 0 Å². The van der Waals surface area contributed by atoms with Crippen LogP contribution in [0.4, 0.5) is 10.5 Å². The number of rotatable bonds is 6. The number of carbonyl (C=O) groups is 2. The zero-order chi connectivity index (χ0) is 16.7. The first-order chi connectivity index (χ1) is 11.1. The van der Waals surface area contributed by atoms with Gasteiger partial charge >= 0.3 is 6.03 Å². The first-order valence-electron chi connectivity index (χ1n) is 7.25. The zero-order valence-electron chi connectivity index (χ0n) is 12.8. The van der Waals surface area contributed by atoms with Crippen LogP contribution in [0.2, 0.25) is 0 Å². The highest BCUT2D eigenvalue weighted by Gasteiger charge is 2.09. The first-order valence-corrected chi connectivity index (χ1v) is 7.25. The summed E-state index contributed by atoms with van der Waals surface area (Å²) >= 11 is 0. The van der Waals surface area contributed by atoms with E-state index in [-0.39, 0.29) is 5.91 Å². The molecule has 0 radical (unpaired) electrons. The maximum atomic E-state index is 12.3. The molecule has 0 saturated heterocycles. The minimum atomic E-state index is -0.584. The van der Waals surface area contributed by atoms with Crippen LogP contribution < -0.4 is 21.1 Å². The molecule has 2 rings (SSSR count). The van der Waals surface area contributed by atoms with Crippen LogP contribution in [0.3, 0.4) is 0 Å². The summed E-state index contributed by atoms with van der Waals surface area (Å²) in [7, 11) is 0. The van der Waals surface area contributed by atoms with Gasteiger partial charge in [0, 0.05) is 12.1 Å². The number of urea groups is 1. The SMILES string of the molecule is CCOc1ccccc1NC(=O)c1ccc(CNC(N)=O)cc1. The third-order valence-corrected chi connectivity index (χ3v) is 3.12. The predicted molar refractivity (Wildman–Crippen MR) is 88.4 cm³/mol. The van der Waals surface area contributed by atoms with Crippen LogP contribution in [-0.2, 0) is 6.54 Å². The Labute approximate surface area is 134 Å². The molecule has 0 saturated carbocycles. The van der Waals surface area contributed by atoms with E-state index in [1.54, 1.807) is 36.4 Å². The number of primary amides is 1. The molecule has 0 aliphatic heterocycles. The van der Waals surface area contributed by atoms with Crippen molar-refractivity contribution in [1.82, 2.24) is 5.32 Å². The minimum absolute atomic E-state index is 0.230. The van der Waals surface area contributed by atoms with Gasteiger partial charge in [-0.1, -0.05) is 24.3 Å². The maximum absolute atomic E-state index is 12.3. The van der Waals surface area contributed by atoms with Crippen molar-refractivity contribution in [3.05, 3.63) is 59.7 Å². The molecule has 0 spiro atoms. The van der Waals surface area contributed by atoms with Gasteiger partial charge in [-0.3, -0.25) is 4.79 Å². The molecule has 6 nitrogen and oxygen atoms in total. The summed E-state index contributed by atoms with van der Waals surface area (Å²) in [6, 6.07) is 13.6. The fraction of sp³-hybridized carbons (Fsp3) is 0.176. The van der Waals surface area contributed by atoms with E-state index in [0.717, 1.165) is 5.56 Å². The van der Waals surface area contributed by atoms with Crippen LogP contribution in [0.25, 0.3) is 0 Å². The van der Waals surface area contributed by atoms with Crippen LogP contribution in [0.5, 0.6) is 5.75 Å². The first kappa shape index (κ1) is 16.4. The summed E-state index contributed by atoms with van der Waals surface area (Å²) < 4.78 is 5.48. The van der Waals surface area contributed by atoms with Crippen LogP contribution in [0, 0.1) is 0 Å². The van der Waals surface area contributed by atoms with Gasteiger partial charge in [0.15, 0.2) is 0 Å². The van der Waals surface area contributed by atoms with Gasteiger partial charge in [-0.05, 0) is 36.8 Å². The Hall–Kier alpha value is -3.02. The highest BCUT2D eigenvalue weighted by atomic mass is 16.5. The van der Waals surface area contributed by atoms with Crippen molar-refractivity contribution in [2.75, 3.05) is 11.9 Å². The molecule has 6 heteroatoms. The van der Waals surface area contributed by atoms with E-state index in [1.165, 1.54) is 0 Å². The number of anilines is 1. The highest BCUT2D eigenvalue weighted by molar-refractivity contribution is 6.05. The number of carbonyl (C=O) groups excluding carboxylic acids is 2. The molecule has 2 aromatic rings. The van der Waals surface area contributed by atoms with Gasteiger partial charge in [-0.2, -0.15) is 0 Å². The maximum Gasteiger partial charge on any atom is 0.312 e. The molecule has 0 atom stereocenters. The molecule has 0 bridgehead atoms. The number of amides is 3. The second kappa shape index (κ2) is 7.84. The Morgan fingerprint density at radius 1 is 1.09 bits per heavy atom. The molecule has 3 amide bonds. The Morgan fingerprint density at radius 2 is 1.78 bits per heavy atom. The van der Waals surface area contributed by atoms with E-state index in [9.17, 15) is 9.59 Å². The highest BCUT2D eigenvalue weighted by Crippen LogP contribution is 2.24. The predicted octanol–water partition coefficient (Wildman–Crippen LogP) is 2.51. The molecule has 120 valence electrons. The van der Waals surface area contributed by atoms with E-state index >= 15 is 0 Å². The molecule has 0 fully saturated rings. The van der Waals surface area contributed by atoms with Crippen LogP contribution in [0.15, 0.2) is 48.5 Å². The molecule has 23 heavy (non-hydrogen) atoms. The molecule has 0 aliphatic carbocycles. The fourth-order valence-corrected chi connectivity index (χ4v) is 2.01. The summed E-state index contributed by atoms with van der Waals surface area (Å²) in [5, 5.41) is 5.32. The molecule has 0 heterocycles.